The average molecular weight is 387 g/mol. The number of aliphatic hydroxyl groups excluding tert-OH is 1. The molecule has 5 heteroatoms. The first-order valence-corrected chi connectivity index (χ1v) is 10.0. The summed E-state index contributed by atoms with van der Waals surface area (Å²) in [6.45, 7) is 5.54. The number of aliphatic hydroxyl groups is 1. The lowest BCUT2D eigenvalue weighted by Gasteiger charge is -2.21. The molecule has 0 radical (unpaired) electrons. The van der Waals surface area contributed by atoms with Crippen molar-refractivity contribution in [1.82, 2.24) is 10.2 Å². The second-order valence-corrected chi connectivity index (χ2v) is 7.16. The fourth-order valence-electron chi connectivity index (χ4n) is 3.04. The molecule has 0 spiro atoms. The van der Waals surface area contributed by atoms with Crippen LogP contribution in [-0.4, -0.2) is 50.0 Å². The summed E-state index contributed by atoms with van der Waals surface area (Å²) < 4.78 is 11.3. The number of methoxy groups -OCH3 is 1. The van der Waals surface area contributed by atoms with Crippen molar-refractivity contribution in [2.24, 2.45) is 0 Å². The van der Waals surface area contributed by atoms with Crippen LogP contribution in [-0.2, 0) is 13.1 Å². The van der Waals surface area contributed by atoms with Gasteiger partial charge in [-0.05, 0) is 43.3 Å². The predicted molar refractivity (Wildman–Crippen MR) is 114 cm³/mol. The molecule has 0 aliphatic carbocycles. The zero-order valence-electron chi connectivity index (χ0n) is 17.4. The first kappa shape index (κ1) is 22.2. The maximum atomic E-state index is 10.4. The van der Waals surface area contributed by atoms with E-state index in [1.54, 1.807) is 7.11 Å². The highest BCUT2D eigenvalue weighted by atomic mass is 16.5. The van der Waals surface area contributed by atoms with E-state index in [9.17, 15) is 5.11 Å². The number of hydrogen-bond donors (Lipinski definition) is 2. The zero-order valence-corrected chi connectivity index (χ0v) is 17.4. The number of ether oxygens (including phenoxy) is 2. The predicted octanol–water partition coefficient (Wildman–Crippen LogP) is 3.46. The van der Waals surface area contributed by atoms with Gasteiger partial charge in [0.1, 0.15) is 12.7 Å². The molecule has 0 saturated carbocycles. The summed E-state index contributed by atoms with van der Waals surface area (Å²) in [5.41, 5.74) is 2.37. The van der Waals surface area contributed by atoms with Gasteiger partial charge in [-0.1, -0.05) is 49.7 Å². The second-order valence-electron chi connectivity index (χ2n) is 7.16. The van der Waals surface area contributed by atoms with Gasteiger partial charge in [0.15, 0.2) is 11.5 Å². The number of nitrogens with one attached hydrogen (secondary N) is 1. The topological polar surface area (TPSA) is 54.0 Å². The molecule has 1 unspecified atom stereocenters. The van der Waals surface area contributed by atoms with Gasteiger partial charge in [0.25, 0.3) is 0 Å². The van der Waals surface area contributed by atoms with Crippen molar-refractivity contribution in [2.45, 2.75) is 39.0 Å². The highest BCUT2D eigenvalue weighted by molar-refractivity contribution is 5.43. The van der Waals surface area contributed by atoms with Gasteiger partial charge in [-0.3, -0.25) is 4.90 Å². The lowest BCUT2D eigenvalue weighted by molar-refractivity contribution is 0.0732. The van der Waals surface area contributed by atoms with Crippen LogP contribution >= 0.6 is 0 Å². The Kier molecular flexibility index (Phi) is 9.83. The molecule has 28 heavy (non-hydrogen) atoms. The van der Waals surface area contributed by atoms with Crippen LogP contribution in [0.1, 0.15) is 30.9 Å². The molecule has 5 nitrogen and oxygen atoms in total. The fourth-order valence-corrected chi connectivity index (χ4v) is 3.04. The molecule has 0 heterocycles. The van der Waals surface area contributed by atoms with Crippen molar-refractivity contribution in [3.8, 4) is 11.5 Å². The maximum absolute atomic E-state index is 10.4. The van der Waals surface area contributed by atoms with E-state index >= 15 is 0 Å². The van der Waals surface area contributed by atoms with E-state index in [0.717, 1.165) is 25.2 Å². The standard InChI is InChI=1S/C23H34N2O3/c1-4-5-13-24-15-20-11-12-22(27-3)23(14-20)28-18-21(26)17-25(2)16-19-9-7-6-8-10-19/h6-12,14,21,24,26H,4-5,13,15-18H2,1-3H3. The molecule has 1 atom stereocenters. The zero-order chi connectivity index (χ0) is 20.2. The molecule has 2 rings (SSSR count). The number of nitrogens with zero attached hydrogens (tertiary/aromatic N) is 1. The van der Waals surface area contributed by atoms with Crippen molar-refractivity contribution in [3.05, 3.63) is 59.7 Å². The Labute approximate surface area is 169 Å². The lowest BCUT2D eigenvalue weighted by Crippen LogP contribution is -2.32. The Bertz CT molecular complexity index is 679. The molecule has 0 aliphatic rings. The maximum Gasteiger partial charge on any atom is 0.161 e. The normalized spacial score (nSPS) is 12.2. The van der Waals surface area contributed by atoms with Crippen molar-refractivity contribution in [2.75, 3.05) is 33.9 Å². The molecular formula is C23H34N2O3. The Morgan fingerprint density at radius 2 is 1.86 bits per heavy atom. The van der Waals surface area contributed by atoms with Crippen molar-refractivity contribution in [3.63, 3.8) is 0 Å². The third-order valence-electron chi connectivity index (χ3n) is 4.51. The average Bonchev–Trinajstić information content (AvgIpc) is 2.70. The highest BCUT2D eigenvalue weighted by Gasteiger charge is 2.12. The van der Waals surface area contributed by atoms with Crippen molar-refractivity contribution >= 4 is 0 Å². The van der Waals surface area contributed by atoms with Gasteiger partial charge < -0.3 is 19.9 Å². The molecular weight excluding hydrogens is 352 g/mol. The Balaban J connectivity index is 1.83. The molecule has 2 N–H and O–H groups in total. The third kappa shape index (κ3) is 7.89. The van der Waals surface area contributed by atoms with Crippen molar-refractivity contribution in [1.29, 1.82) is 0 Å². The van der Waals surface area contributed by atoms with Crippen LogP contribution < -0.4 is 14.8 Å². The number of rotatable bonds is 13. The van der Waals surface area contributed by atoms with Gasteiger partial charge in [-0.2, -0.15) is 0 Å². The van der Waals surface area contributed by atoms with Crippen molar-refractivity contribution < 1.29 is 14.6 Å². The minimum atomic E-state index is -0.579. The quantitative estimate of drug-likeness (QED) is 0.517. The molecule has 154 valence electrons. The van der Waals surface area contributed by atoms with Gasteiger partial charge in [-0.15, -0.1) is 0 Å². The summed E-state index contributed by atoms with van der Waals surface area (Å²) >= 11 is 0. The van der Waals surface area contributed by atoms with Crippen LogP contribution in [0.15, 0.2) is 48.5 Å². The molecule has 0 saturated heterocycles. The summed E-state index contributed by atoms with van der Waals surface area (Å²) in [6.07, 6.45) is 1.77. The first-order chi connectivity index (χ1) is 13.6. The van der Waals surface area contributed by atoms with Crippen LogP contribution in [0.25, 0.3) is 0 Å². The molecule has 0 bridgehead atoms. The van der Waals surface area contributed by atoms with E-state index < -0.39 is 6.10 Å². The number of hydrogen-bond acceptors (Lipinski definition) is 5. The van der Waals surface area contributed by atoms with Crippen LogP contribution in [0.5, 0.6) is 11.5 Å². The summed E-state index contributed by atoms with van der Waals surface area (Å²) in [5.74, 6) is 1.35. The molecule has 0 fully saturated rings. The number of unbranched alkanes of at least 4 members (excludes halogenated alkanes) is 1. The summed E-state index contributed by atoms with van der Waals surface area (Å²) in [5, 5.41) is 13.8. The van der Waals surface area contributed by atoms with Crippen LogP contribution in [0.4, 0.5) is 0 Å². The van der Waals surface area contributed by atoms with Gasteiger partial charge in [-0.25, -0.2) is 0 Å². The smallest absolute Gasteiger partial charge is 0.161 e. The Morgan fingerprint density at radius 3 is 2.57 bits per heavy atom. The minimum absolute atomic E-state index is 0.224. The molecule has 2 aromatic rings. The summed E-state index contributed by atoms with van der Waals surface area (Å²) in [6, 6.07) is 16.2. The summed E-state index contributed by atoms with van der Waals surface area (Å²) in [7, 11) is 3.63. The number of likely N-dealkylation sites (N-methyl/N-ethyl adjacent to an activating group) is 1. The third-order valence-corrected chi connectivity index (χ3v) is 4.51. The van der Waals surface area contributed by atoms with E-state index in [2.05, 4.69) is 29.3 Å². The van der Waals surface area contributed by atoms with E-state index in [-0.39, 0.29) is 6.61 Å². The van der Waals surface area contributed by atoms with Crippen LogP contribution in [0, 0.1) is 0 Å². The lowest BCUT2D eigenvalue weighted by atomic mass is 10.2. The van der Waals surface area contributed by atoms with Crippen LogP contribution in [0.3, 0.4) is 0 Å². The minimum Gasteiger partial charge on any atom is -0.493 e. The SMILES string of the molecule is CCCCNCc1ccc(OC)c(OCC(O)CN(C)Cc2ccccc2)c1. The van der Waals surface area contributed by atoms with E-state index in [0.29, 0.717) is 18.0 Å². The van der Waals surface area contributed by atoms with Gasteiger partial charge in [0.2, 0.25) is 0 Å². The monoisotopic (exact) mass is 386 g/mol. The van der Waals surface area contributed by atoms with E-state index in [4.69, 9.17) is 9.47 Å². The summed E-state index contributed by atoms with van der Waals surface area (Å²) in [4.78, 5) is 2.09. The van der Waals surface area contributed by atoms with Gasteiger partial charge >= 0.3 is 0 Å². The largest absolute Gasteiger partial charge is 0.493 e. The van der Waals surface area contributed by atoms with Gasteiger partial charge in [0.05, 0.1) is 7.11 Å². The second kappa shape index (κ2) is 12.4. The molecule has 0 aromatic heterocycles. The van der Waals surface area contributed by atoms with E-state index in [1.165, 1.54) is 18.4 Å². The van der Waals surface area contributed by atoms with E-state index in [1.807, 2.05) is 43.4 Å². The fraction of sp³-hybridized carbons (Fsp3) is 0.478. The number of benzene rings is 2. The molecule has 0 aliphatic heterocycles. The van der Waals surface area contributed by atoms with Crippen LogP contribution in [0.2, 0.25) is 0 Å². The highest BCUT2D eigenvalue weighted by Crippen LogP contribution is 2.28. The Hall–Kier alpha value is -2.08. The molecule has 0 amide bonds. The molecule has 2 aromatic carbocycles. The van der Waals surface area contributed by atoms with Gasteiger partial charge in [0, 0.05) is 19.6 Å². The first-order valence-electron chi connectivity index (χ1n) is 10.0. The Morgan fingerprint density at radius 1 is 1.07 bits per heavy atom.